The first kappa shape index (κ1) is 18.2. The number of urea groups is 1. The minimum absolute atomic E-state index is 0.107. The first-order valence-electron chi connectivity index (χ1n) is 7.41. The molecule has 0 spiro atoms. The lowest BCUT2D eigenvalue weighted by atomic mass is 10.0. The number of hydrogen-bond acceptors (Lipinski definition) is 3. The summed E-state index contributed by atoms with van der Waals surface area (Å²) >= 11 is 0. The van der Waals surface area contributed by atoms with Crippen molar-refractivity contribution in [3.63, 3.8) is 0 Å². The van der Waals surface area contributed by atoms with Crippen LogP contribution in [-0.2, 0) is 0 Å². The molecule has 0 aliphatic carbocycles. The van der Waals surface area contributed by atoms with Crippen molar-refractivity contribution in [1.29, 1.82) is 0 Å². The van der Waals surface area contributed by atoms with Crippen molar-refractivity contribution in [2.45, 2.75) is 46.6 Å². The summed E-state index contributed by atoms with van der Waals surface area (Å²) in [6, 6.07) is 0.243. The summed E-state index contributed by atoms with van der Waals surface area (Å²) in [4.78, 5) is 14.0. The van der Waals surface area contributed by atoms with E-state index in [1.165, 1.54) is 0 Å². The van der Waals surface area contributed by atoms with Gasteiger partial charge in [-0.2, -0.15) is 0 Å². The average Bonchev–Trinajstić information content (AvgIpc) is 2.37. The average molecular weight is 273 g/mol. The molecule has 0 saturated heterocycles. The van der Waals surface area contributed by atoms with Gasteiger partial charge in [-0.1, -0.05) is 27.7 Å². The Morgan fingerprint density at radius 2 is 1.84 bits per heavy atom. The molecule has 1 unspecified atom stereocenters. The minimum atomic E-state index is -0.144. The zero-order chi connectivity index (χ0) is 14.7. The van der Waals surface area contributed by atoms with Crippen molar-refractivity contribution in [3.05, 3.63) is 0 Å². The van der Waals surface area contributed by atoms with Gasteiger partial charge in [0.2, 0.25) is 0 Å². The van der Waals surface area contributed by atoms with Crippen LogP contribution in [0.5, 0.6) is 0 Å². The molecule has 0 fully saturated rings. The van der Waals surface area contributed by atoms with Crippen molar-refractivity contribution < 1.29 is 9.90 Å². The number of carbonyl (C=O) groups excluding carboxylic acids is 1. The van der Waals surface area contributed by atoms with Crippen LogP contribution in [0.3, 0.4) is 0 Å². The smallest absolute Gasteiger partial charge is 0.314 e. The maximum Gasteiger partial charge on any atom is 0.314 e. The van der Waals surface area contributed by atoms with Crippen molar-refractivity contribution in [3.8, 4) is 0 Å². The Bertz CT molecular complexity index is 231. The van der Waals surface area contributed by atoms with E-state index in [0.717, 1.165) is 19.5 Å². The highest BCUT2D eigenvalue weighted by Gasteiger charge is 2.17. The number of likely N-dealkylation sites (N-methyl/N-ethyl adjacent to an activating group) is 1. The molecule has 19 heavy (non-hydrogen) atoms. The van der Waals surface area contributed by atoms with E-state index in [2.05, 4.69) is 43.2 Å². The second-order valence-electron chi connectivity index (χ2n) is 5.22. The number of nitrogens with one attached hydrogen (secondary N) is 2. The fourth-order valence-corrected chi connectivity index (χ4v) is 2.20. The summed E-state index contributed by atoms with van der Waals surface area (Å²) in [5.41, 5.74) is 0. The van der Waals surface area contributed by atoms with Crippen molar-refractivity contribution >= 4 is 6.03 Å². The highest BCUT2D eigenvalue weighted by atomic mass is 16.3. The normalized spacial score (nSPS) is 12.8. The maximum atomic E-state index is 11.6. The molecule has 1 atom stereocenters. The molecular formula is C14H31N3O2. The number of aliphatic hydroxyl groups is 1. The molecule has 0 aromatic heterocycles. The van der Waals surface area contributed by atoms with Crippen LogP contribution in [-0.4, -0.2) is 54.9 Å². The quantitative estimate of drug-likeness (QED) is 0.528. The Hall–Kier alpha value is -0.810. The molecule has 2 amide bonds. The van der Waals surface area contributed by atoms with E-state index in [9.17, 15) is 4.79 Å². The third-order valence-electron chi connectivity index (χ3n) is 3.19. The number of hydrogen-bond donors (Lipinski definition) is 3. The number of aliphatic hydroxyl groups excluding tert-OH is 1. The number of rotatable bonds is 10. The predicted molar refractivity (Wildman–Crippen MR) is 79.3 cm³/mol. The second-order valence-corrected chi connectivity index (χ2v) is 5.22. The first-order valence-corrected chi connectivity index (χ1v) is 7.41. The molecule has 0 aliphatic heterocycles. The fourth-order valence-electron chi connectivity index (χ4n) is 2.20. The van der Waals surface area contributed by atoms with Crippen molar-refractivity contribution in [2.75, 3.05) is 32.8 Å². The molecule has 0 rings (SSSR count). The van der Waals surface area contributed by atoms with Gasteiger partial charge in [-0.15, -0.1) is 0 Å². The summed E-state index contributed by atoms with van der Waals surface area (Å²) in [5, 5.41) is 14.3. The Balaban J connectivity index is 4.13. The highest BCUT2D eigenvalue weighted by molar-refractivity contribution is 5.73. The Labute approximate surface area is 117 Å². The van der Waals surface area contributed by atoms with Crippen LogP contribution in [0.15, 0.2) is 0 Å². The number of amides is 2. The minimum Gasteiger partial charge on any atom is -0.396 e. The molecule has 0 radical (unpaired) electrons. The van der Waals surface area contributed by atoms with Gasteiger partial charge in [0.1, 0.15) is 0 Å². The Morgan fingerprint density at radius 1 is 1.21 bits per heavy atom. The number of nitrogens with zero attached hydrogens (tertiary/aromatic N) is 1. The van der Waals surface area contributed by atoms with E-state index in [0.29, 0.717) is 31.5 Å². The summed E-state index contributed by atoms with van der Waals surface area (Å²) < 4.78 is 0. The van der Waals surface area contributed by atoms with Crippen LogP contribution in [0.1, 0.15) is 40.5 Å². The molecule has 3 N–H and O–H groups in total. The second kappa shape index (κ2) is 11.1. The van der Waals surface area contributed by atoms with Gasteiger partial charge in [0.05, 0.1) is 0 Å². The van der Waals surface area contributed by atoms with Gasteiger partial charge in [-0.3, -0.25) is 4.90 Å². The van der Waals surface area contributed by atoms with Crippen molar-refractivity contribution in [1.82, 2.24) is 15.5 Å². The third kappa shape index (κ3) is 8.83. The zero-order valence-corrected chi connectivity index (χ0v) is 12.9. The lowest BCUT2D eigenvalue weighted by Crippen LogP contribution is -2.47. The molecule has 0 bridgehead atoms. The van der Waals surface area contributed by atoms with Crippen LogP contribution in [0.4, 0.5) is 4.79 Å². The summed E-state index contributed by atoms with van der Waals surface area (Å²) in [5.74, 6) is 0.616. The predicted octanol–water partition coefficient (Wildman–Crippen LogP) is 1.42. The standard InChI is InChI=1S/C14H31N3O2/c1-5-17(6-2)13(10-12(3)4)11-16-14(19)15-8-7-9-18/h12-13,18H,5-11H2,1-4H3,(H2,15,16,19). The molecule has 0 saturated carbocycles. The molecule has 114 valence electrons. The van der Waals surface area contributed by atoms with E-state index in [4.69, 9.17) is 5.11 Å². The van der Waals surface area contributed by atoms with Crippen molar-refractivity contribution in [2.24, 2.45) is 5.92 Å². The van der Waals surface area contributed by atoms with Gasteiger partial charge in [-0.25, -0.2) is 4.79 Å². The molecule has 0 aliphatic rings. The molecular weight excluding hydrogens is 242 g/mol. The van der Waals surface area contributed by atoms with Gasteiger partial charge in [-0.05, 0) is 31.8 Å². The molecule has 0 aromatic rings. The highest BCUT2D eigenvalue weighted by Crippen LogP contribution is 2.10. The summed E-state index contributed by atoms with van der Waals surface area (Å²) in [6.07, 6.45) is 1.68. The monoisotopic (exact) mass is 273 g/mol. The molecule has 5 nitrogen and oxygen atoms in total. The van der Waals surface area contributed by atoms with Crippen LogP contribution >= 0.6 is 0 Å². The Morgan fingerprint density at radius 3 is 2.32 bits per heavy atom. The van der Waals surface area contributed by atoms with E-state index >= 15 is 0 Å². The van der Waals surface area contributed by atoms with Crippen LogP contribution in [0.25, 0.3) is 0 Å². The van der Waals surface area contributed by atoms with Gasteiger partial charge in [0, 0.05) is 25.7 Å². The van der Waals surface area contributed by atoms with Gasteiger partial charge < -0.3 is 15.7 Å². The van der Waals surface area contributed by atoms with Gasteiger partial charge in [0.15, 0.2) is 0 Å². The van der Waals surface area contributed by atoms with E-state index in [1.807, 2.05) is 0 Å². The van der Waals surface area contributed by atoms with Gasteiger partial charge in [0.25, 0.3) is 0 Å². The fraction of sp³-hybridized carbons (Fsp3) is 0.929. The zero-order valence-electron chi connectivity index (χ0n) is 12.9. The van der Waals surface area contributed by atoms with Crippen LogP contribution in [0.2, 0.25) is 0 Å². The van der Waals surface area contributed by atoms with Crippen LogP contribution < -0.4 is 10.6 Å². The number of carbonyl (C=O) groups is 1. The summed E-state index contributed by atoms with van der Waals surface area (Å²) in [7, 11) is 0. The first-order chi connectivity index (χ1) is 9.04. The van der Waals surface area contributed by atoms with E-state index in [-0.39, 0.29) is 12.6 Å². The maximum absolute atomic E-state index is 11.6. The molecule has 5 heteroatoms. The molecule has 0 heterocycles. The third-order valence-corrected chi connectivity index (χ3v) is 3.19. The lowest BCUT2D eigenvalue weighted by molar-refractivity contribution is 0.184. The SMILES string of the molecule is CCN(CC)C(CNC(=O)NCCCO)CC(C)C. The van der Waals surface area contributed by atoms with Gasteiger partial charge >= 0.3 is 6.03 Å². The molecule has 0 aromatic carbocycles. The summed E-state index contributed by atoms with van der Waals surface area (Å²) in [6.45, 7) is 12.0. The topological polar surface area (TPSA) is 64.6 Å². The Kier molecular flexibility index (Phi) is 10.6. The lowest BCUT2D eigenvalue weighted by Gasteiger charge is -2.31. The largest absolute Gasteiger partial charge is 0.396 e. The van der Waals surface area contributed by atoms with Crippen LogP contribution in [0, 0.1) is 5.92 Å². The van der Waals surface area contributed by atoms with E-state index in [1.54, 1.807) is 0 Å². The van der Waals surface area contributed by atoms with E-state index < -0.39 is 0 Å².